The molecule has 1 unspecified atom stereocenters. The number of hydrogen-bond acceptors (Lipinski definition) is 18. The van der Waals surface area contributed by atoms with E-state index >= 15 is 0 Å². The van der Waals surface area contributed by atoms with Crippen LogP contribution in [-0.4, -0.2) is 172 Å². The predicted molar refractivity (Wildman–Crippen MR) is 369 cm³/mol. The van der Waals surface area contributed by atoms with Gasteiger partial charge in [0.2, 0.25) is 64.2 Å². The largest absolute Gasteiger partial charge is 0.508 e. The highest BCUT2D eigenvalue weighted by Gasteiger charge is 2.41. The van der Waals surface area contributed by atoms with Crippen molar-refractivity contribution < 1.29 is 72.2 Å². The zero-order chi connectivity index (χ0) is 72.7. The number of primary amides is 2. The van der Waals surface area contributed by atoms with Gasteiger partial charge in [-0.15, -0.1) is 0 Å². The molecule has 1 aliphatic heterocycles. The molecule has 1 saturated heterocycles. The van der Waals surface area contributed by atoms with Gasteiger partial charge in [-0.25, -0.2) is 4.79 Å². The third kappa shape index (κ3) is 27.6. The topological polar surface area (TPSA) is 455 Å². The Hall–Kier alpha value is -9.74. The number of phenols is 1. The molecule has 1 aliphatic rings. The number of benzene rings is 4. The number of hydrogen-bond donors (Lipinski definition) is 13. The summed E-state index contributed by atoms with van der Waals surface area (Å²) in [5.74, 6) is -11.1. The van der Waals surface area contributed by atoms with E-state index in [4.69, 9.17) is 27.7 Å². The highest BCUT2D eigenvalue weighted by atomic mass is 32.2. The lowest BCUT2D eigenvalue weighted by molar-refractivity contribution is -0.159. The molecule has 4 aromatic rings. The first-order chi connectivity index (χ1) is 47.1. The van der Waals surface area contributed by atoms with Crippen LogP contribution in [0.5, 0.6) is 5.75 Å². The molecule has 28 nitrogen and oxygen atoms in total. The minimum absolute atomic E-state index is 0.0317. The molecular formula is C70H95N13O15S. The summed E-state index contributed by atoms with van der Waals surface area (Å²) in [5, 5.41) is 30.7. The van der Waals surface area contributed by atoms with Crippen LogP contribution < -0.4 is 65.5 Å². The Morgan fingerprint density at radius 1 is 0.576 bits per heavy atom. The average Bonchev–Trinajstić information content (AvgIpc) is 1.78. The van der Waals surface area contributed by atoms with Crippen molar-refractivity contribution in [1.82, 2.24) is 47.4 Å². The van der Waals surface area contributed by atoms with Gasteiger partial charge in [-0.2, -0.15) is 0 Å². The normalized spacial score (nSPS) is 15.4. The van der Waals surface area contributed by atoms with E-state index in [1.165, 1.54) is 36.1 Å². The number of phenolic OH excluding ortho intramolecular Hbond substituents is 1. The fourth-order valence-corrected chi connectivity index (χ4v) is 11.7. The van der Waals surface area contributed by atoms with Gasteiger partial charge >= 0.3 is 5.97 Å². The monoisotopic (exact) mass is 1390 g/mol. The lowest BCUT2D eigenvalue weighted by Crippen LogP contribution is -2.61. The van der Waals surface area contributed by atoms with Crippen molar-refractivity contribution in [2.45, 2.75) is 172 Å². The number of aromatic hydroxyl groups is 1. The summed E-state index contributed by atoms with van der Waals surface area (Å²) in [7, 11) is 0. The summed E-state index contributed by atoms with van der Waals surface area (Å²) in [5.41, 5.74) is 25.7. The third-order valence-electron chi connectivity index (χ3n) is 16.1. The van der Waals surface area contributed by atoms with Crippen molar-refractivity contribution in [1.29, 1.82) is 0 Å². The van der Waals surface area contributed by atoms with Crippen LogP contribution in [0.2, 0.25) is 0 Å². The number of ether oxygens (including phenoxy) is 1. The zero-order valence-corrected chi connectivity index (χ0v) is 57.4. The maximum Gasteiger partial charge on any atom is 0.329 e. The second-order valence-electron chi connectivity index (χ2n) is 25.1. The number of nitrogens with two attached hydrogens (primary N) is 4. The Kier molecular flexibility index (Phi) is 33.0. The molecule has 29 heteroatoms. The van der Waals surface area contributed by atoms with Crippen molar-refractivity contribution >= 4 is 87.8 Å². The molecule has 0 aromatic heterocycles. The molecule has 0 spiro atoms. The second-order valence-corrected chi connectivity index (χ2v) is 26.2. The number of rotatable bonds is 40. The Balaban J connectivity index is 1.39. The second kappa shape index (κ2) is 40.9. The summed E-state index contributed by atoms with van der Waals surface area (Å²) in [4.78, 5) is 181. The molecule has 11 amide bonds. The number of amides is 11. The van der Waals surface area contributed by atoms with Gasteiger partial charge in [0.05, 0.1) is 18.5 Å². The summed E-state index contributed by atoms with van der Waals surface area (Å²) < 4.78 is 5.99. The Morgan fingerprint density at radius 2 is 1.08 bits per heavy atom. The van der Waals surface area contributed by atoms with Crippen molar-refractivity contribution in [2.75, 3.05) is 25.4 Å². The number of likely N-dealkylation sites (tertiary alicyclic amines) is 1. The first kappa shape index (κ1) is 79.9. The van der Waals surface area contributed by atoms with Crippen molar-refractivity contribution in [3.8, 4) is 5.75 Å². The van der Waals surface area contributed by atoms with Crippen molar-refractivity contribution in [3.63, 3.8) is 0 Å². The first-order valence-corrected chi connectivity index (χ1v) is 34.1. The minimum atomic E-state index is -1.91. The molecule has 1 heterocycles. The summed E-state index contributed by atoms with van der Waals surface area (Å²) in [6.45, 7) is 8.85. The summed E-state index contributed by atoms with van der Waals surface area (Å²) >= 11 is 0.928. The molecule has 0 aliphatic carbocycles. The van der Waals surface area contributed by atoms with E-state index < -0.39 is 151 Å². The molecule has 17 N–H and O–H groups in total. The number of carbonyl (C=O) groups excluding carboxylic acids is 13. The first-order valence-electron chi connectivity index (χ1n) is 33.1. The van der Waals surface area contributed by atoms with Gasteiger partial charge in [-0.1, -0.05) is 143 Å². The highest BCUT2D eigenvalue weighted by molar-refractivity contribution is 8.13. The van der Waals surface area contributed by atoms with Gasteiger partial charge in [0.25, 0.3) is 5.91 Å². The van der Waals surface area contributed by atoms with Gasteiger partial charge in [-0.3, -0.25) is 57.5 Å². The van der Waals surface area contributed by atoms with Crippen LogP contribution in [0.15, 0.2) is 115 Å². The number of carbonyl (C=O) groups is 13. The molecule has 10 atom stereocenters. The van der Waals surface area contributed by atoms with E-state index in [0.717, 1.165) is 17.3 Å². The molecule has 4 aromatic carbocycles. The van der Waals surface area contributed by atoms with Crippen LogP contribution in [-0.2, 0) is 92.7 Å². The van der Waals surface area contributed by atoms with E-state index in [0.29, 0.717) is 23.1 Å². The summed E-state index contributed by atoms with van der Waals surface area (Å²) in [6, 6.07) is 19.2. The zero-order valence-electron chi connectivity index (χ0n) is 56.5. The van der Waals surface area contributed by atoms with Crippen molar-refractivity contribution in [2.24, 2.45) is 34.8 Å². The Bertz CT molecular complexity index is 3390. The van der Waals surface area contributed by atoms with Crippen LogP contribution in [0.4, 0.5) is 0 Å². The molecule has 536 valence electrons. The fourth-order valence-electron chi connectivity index (χ4n) is 11.0. The van der Waals surface area contributed by atoms with Crippen LogP contribution in [0, 0.1) is 11.8 Å². The summed E-state index contributed by atoms with van der Waals surface area (Å²) in [6.07, 6.45) is -3.04. The highest BCUT2D eigenvalue weighted by Crippen LogP contribution is 2.22. The number of thioether (sulfide) groups is 1. The van der Waals surface area contributed by atoms with Crippen LogP contribution in [0.3, 0.4) is 0 Å². The van der Waals surface area contributed by atoms with Gasteiger partial charge in [0, 0.05) is 51.4 Å². The standard InChI is InChI=1S/C70H95N13O15S/c1-41(2)35-55(70(97)99-34-32-75-43(5)84)81-61(88)50(23-15-31-71)77-67(94)60(42(3)4)82-64(91)52(37-47-25-27-48(85)28-26-47)78-62(89)51(29-30-58(73)86)76-63(90)53(40-59(74)87)79-66(93)57(39-46-21-13-8-14-22-46)98-69(96)54(38-45-19-11-7-12-20-45)80-65(92)56-24-16-33-83(56)68(95)49(72)36-44-17-9-6-10-18-44/h6-14,17-22,25-28,41-42,49-57,60,85H,15-16,23-24,29-40,71-72H2,1-5H3,(H2,73,86)(H2,74,87)(H,75,84)(H,76,90)(H,77,94)(H,78,89)(H,79,93)(H,80,92)(H,81,88)(H,82,91)/t49-,50+,51+,52+,53+,54+,55+,56?,57-,60+/m1/s1. The number of nitrogens with zero attached hydrogens (tertiary/aromatic N) is 1. The van der Waals surface area contributed by atoms with Crippen LogP contribution >= 0.6 is 11.8 Å². The van der Waals surface area contributed by atoms with Gasteiger partial charge in [-0.05, 0) is 97.7 Å². The molecule has 99 heavy (non-hydrogen) atoms. The lowest BCUT2D eigenvalue weighted by Gasteiger charge is -2.29. The van der Waals surface area contributed by atoms with Gasteiger partial charge in [0.15, 0.2) is 6.10 Å². The van der Waals surface area contributed by atoms with Crippen LogP contribution in [0.25, 0.3) is 0 Å². The van der Waals surface area contributed by atoms with E-state index in [9.17, 15) is 67.4 Å². The quantitative estimate of drug-likeness (QED) is 0.0210. The average molecular weight is 1390 g/mol. The van der Waals surface area contributed by atoms with E-state index in [2.05, 4.69) is 42.5 Å². The SMILES string of the molecule is CC(=O)NCCSC(=O)[C@H](CC(C)C)NC(=O)[C@H](CCCN)NC(=O)[C@@H](NC(=O)[C@H](Cc1ccc(O)cc1)NC(=O)[C@H](CCC(N)=O)NC(=O)[C@H](CC(N)=O)NC(=O)[C@@H](Cc1ccccc1)OC(=O)[C@H](Cc1ccccc1)NC(=O)C1CCCN1C(=O)[C@H](N)Cc1ccccc1)C(C)C. The number of esters is 1. The van der Waals surface area contributed by atoms with Gasteiger partial charge in [0.1, 0.15) is 48.0 Å². The minimum Gasteiger partial charge on any atom is -0.508 e. The van der Waals surface area contributed by atoms with Crippen LogP contribution in [0.1, 0.15) is 108 Å². The van der Waals surface area contributed by atoms with Gasteiger partial charge < -0.3 is 80.2 Å². The molecule has 1 fully saturated rings. The Labute approximate surface area is 580 Å². The van der Waals surface area contributed by atoms with E-state index in [1.54, 1.807) is 74.5 Å². The lowest BCUT2D eigenvalue weighted by atomic mass is 9.99. The van der Waals surface area contributed by atoms with E-state index in [1.807, 2.05) is 44.2 Å². The third-order valence-corrected chi connectivity index (χ3v) is 17.1. The predicted octanol–water partition coefficient (Wildman–Crippen LogP) is 0.264. The molecule has 0 radical (unpaired) electrons. The van der Waals surface area contributed by atoms with E-state index in [-0.39, 0.29) is 99.4 Å². The smallest absolute Gasteiger partial charge is 0.329 e. The van der Waals surface area contributed by atoms with Crippen molar-refractivity contribution in [3.05, 3.63) is 138 Å². The molecular weight excluding hydrogens is 1290 g/mol. The number of nitrogens with one attached hydrogen (secondary N) is 8. The maximum atomic E-state index is 14.7. The molecule has 5 rings (SSSR count). The maximum absolute atomic E-state index is 14.7. The molecule has 0 bridgehead atoms. The fraction of sp³-hybridized carbons (Fsp3) is 0.471. The Morgan fingerprint density at radius 3 is 1.64 bits per heavy atom. The molecule has 0 saturated carbocycles.